The normalized spacial score (nSPS) is 13.1. The lowest BCUT2D eigenvalue weighted by atomic mass is 10.1. The summed E-state index contributed by atoms with van der Waals surface area (Å²) in [5.41, 5.74) is 7.28. The van der Waals surface area contributed by atoms with Gasteiger partial charge in [0, 0.05) is 6.04 Å². The zero-order chi connectivity index (χ0) is 7.11. The zero-order valence-electron chi connectivity index (χ0n) is 6.19. The van der Waals surface area contributed by atoms with Gasteiger partial charge in [-0.15, -0.1) is 6.58 Å². The topological polar surface area (TPSA) is 23.8 Å². The van der Waals surface area contributed by atoms with E-state index >= 15 is 0 Å². The molecular formula is C8H16N. The summed E-state index contributed by atoms with van der Waals surface area (Å²) >= 11 is 0. The number of unbranched alkanes of at least 4 members (excludes halogenated alkanes) is 2. The number of nitrogens with one attached hydrogen (secondary N) is 1. The van der Waals surface area contributed by atoms with Crippen LogP contribution >= 0.6 is 0 Å². The first-order valence-corrected chi connectivity index (χ1v) is 3.65. The fraction of sp³-hybridized carbons (Fsp3) is 0.750. The van der Waals surface area contributed by atoms with Gasteiger partial charge in [0.2, 0.25) is 0 Å². The Morgan fingerprint density at radius 1 is 1.56 bits per heavy atom. The number of rotatable bonds is 5. The Hall–Kier alpha value is -0.300. The lowest BCUT2D eigenvalue weighted by Gasteiger charge is -2.01. The first kappa shape index (κ1) is 8.70. The van der Waals surface area contributed by atoms with E-state index in [9.17, 15) is 0 Å². The van der Waals surface area contributed by atoms with Gasteiger partial charge in [0.1, 0.15) is 0 Å². The van der Waals surface area contributed by atoms with Crippen LogP contribution in [0.25, 0.3) is 0 Å². The maximum atomic E-state index is 7.28. The quantitative estimate of drug-likeness (QED) is 0.399. The van der Waals surface area contributed by atoms with Crippen molar-refractivity contribution in [3.05, 3.63) is 12.7 Å². The molecular weight excluding hydrogens is 110 g/mol. The summed E-state index contributed by atoms with van der Waals surface area (Å²) in [6.07, 6.45) is 6.36. The number of hydrogen-bond donors (Lipinski definition) is 0. The molecule has 1 heteroatoms. The van der Waals surface area contributed by atoms with Crippen LogP contribution in [0.15, 0.2) is 12.7 Å². The molecule has 0 aliphatic rings. The third-order valence-electron chi connectivity index (χ3n) is 1.40. The molecule has 1 atom stereocenters. The highest BCUT2D eigenvalue weighted by molar-refractivity contribution is 4.80. The van der Waals surface area contributed by atoms with E-state index in [0.29, 0.717) is 0 Å². The van der Waals surface area contributed by atoms with Gasteiger partial charge in [0.25, 0.3) is 0 Å². The molecule has 1 nitrogen and oxygen atoms in total. The Bertz CT molecular complexity index is 69.0. The molecule has 0 aromatic heterocycles. The monoisotopic (exact) mass is 126 g/mol. The summed E-state index contributed by atoms with van der Waals surface area (Å²) in [5, 5.41) is 0. The van der Waals surface area contributed by atoms with Crippen LogP contribution in [0.5, 0.6) is 0 Å². The SMILES string of the molecule is C=CC([NH])CCCCC. The van der Waals surface area contributed by atoms with Crippen LogP contribution in [0, 0.1) is 0 Å². The Morgan fingerprint density at radius 2 is 2.22 bits per heavy atom. The lowest BCUT2D eigenvalue weighted by Crippen LogP contribution is -2.02. The molecule has 0 saturated heterocycles. The van der Waals surface area contributed by atoms with Crippen molar-refractivity contribution in [2.75, 3.05) is 0 Å². The molecule has 0 aliphatic carbocycles. The standard InChI is InChI=1S/C8H16N/c1-3-5-6-7-8(9)4-2/h4,8-9H,2-3,5-7H2,1H3. The van der Waals surface area contributed by atoms with E-state index in [2.05, 4.69) is 13.5 Å². The third-order valence-corrected chi connectivity index (χ3v) is 1.40. The molecule has 0 saturated carbocycles. The maximum absolute atomic E-state index is 7.28. The maximum Gasteiger partial charge on any atom is 0.0390 e. The van der Waals surface area contributed by atoms with Crippen LogP contribution in [0.1, 0.15) is 32.6 Å². The fourth-order valence-corrected chi connectivity index (χ4v) is 0.732. The van der Waals surface area contributed by atoms with Crippen molar-refractivity contribution in [3.63, 3.8) is 0 Å². The summed E-state index contributed by atoms with van der Waals surface area (Å²) in [6, 6.07) is -0.0310. The minimum absolute atomic E-state index is 0.0310. The van der Waals surface area contributed by atoms with E-state index in [1.54, 1.807) is 6.08 Å². The van der Waals surface area contributed by atoms with Crippen molar-refractivity contribution in [1.82, 2.24) is 5.73 Å². The molecule has 1 N–H and O–H groups in total. The smallest absolute Gasteiger partial charge is 0.0390 e. The minimum Gasteiger partial charge on any atom is -0.250 e. The predicted molar refractivity (Wildman–Crippen MR) is 41.2 cm³/mol. The Labute approximate surface area is 57.9 Å². The summed E-state index contributed by atoms with van der Waals surface area (Å²) in [6.45, 7) is 5.73. The van der Waals surface area contributed by atoms with E-state index < -0.39 is 0 Å². The molecule has 1 unspecified atom stereocenters. The first-order valence-electron chi connectivity index (χ1n) is 3.65. The average molecular weight is 126 g/mol. The first-order chi connectivity index (χ1) is 4.31. The second kappa shape index (κ2) is 5.83. The molecule has 0 spiro atoms. The van der Waals surface area contributed by atoms with Gasteiger partial charge in [-0.3, -0.25) is 5.73 Å². The molecule has 1 radical (unpaired) electrons. The van der Waals surface area contributed by atoms with Gasteiger partial charge in [-0.1, -0.05) is 32.3 Å². The van der Waals surface area contributed by atoms with Crippen molar-refractivity contribution in [1.29, 1.82) is 0 Å². The highest BCUT2D eigenvalue weighted by Crippen LogP contribution is 2.02. The van der Waals surface area contributed by atoms with Gasteiger partial charge in [-0.05, 0) is 6.42 Å². The largest absolute Gasteiger partial charge is 0.250 e. The second-order valence-electron chi connectivity index (χ2n) is 2.34. The molecule has 53 valence electrons. The lowest BCUT2D eigenvalue weighted by molar-refractivity contribution is 0.614. The van der Waals surface area contributed by atoms with Crippen molar-refractivity contribution >= 4 is 0 Å². The molecule has 0 heterocycles. The van der Waals surface area contributed by atoms with Gasteiger partial charge in [0.15, 0.2) is 0 Å². The van der Waals surface area contributed by atoms with Crippen LogP contribution < -0.4 is 5.73 Å². The average Bonchev–Trinajstić information content (AvgIpc) is 1.89. The molecule has 0 bridgehead atoms. The molecule has 0 fully saturated rings. The summed E-state index contributed by atoms with van der Waals surface area (Å²) in [5.74, 6) is 0. The Morgan fingerprint density at radius 3 is 2.67 bits per heavy atom. The molecule has 0 amide bonds. The molecule has 0 aromatic rings. The Balaban J connectivity index is 2.96. The van der Waals surface area contributed by atoms with E-state index in [1.807, 2.05) is 0 Å². The highest BCUT2D eigenvalue weighted by atomic mass is 14.6. The second-order valence-corrected chi connectivity index (χ2v) is 2.34. The van der Waals surface area contributed by atoms with E-state index in [-0.39, 0.29) is 6.04 Å². The van der Waals surface area contributed by atoms with Crippen LogP contribution in [-0.2, 0) is 0 Å². The molecule has 9 heavy (non-hydrogen) atoms. The predicted octanol–water partition coefficient (Wildman–Crippen LogP) is 2.40. The van der Waals surface area contributed by atoms with Gasteiger partial charge in [0.05, 0.1) is 0 Å². The van der Waals surface area contributed by atoms with Gasteiger partial charge >= 0.3 is 0 Å². The van der Waals surface area contributed by atoms with Crippen molar-refractivity contribution < 1.29 is 0 Å². The minimum atomic E-state index is -0.0310. The van der Waals surface area contributed by atoms with Gasteiger partial charge in [-0.25, -0.2) is 0 Å². The number of hydrogen-bond acceptors (Lipinski definition) is 0. The molecule has 0 aliphatic heterocycles. The summed E-state index contributed by atoms with van der Waals surface area (Å²) < 4.78 is 0. The fourth-order valence-electron chi connectivity index (χ4n) is 0.732. The van der Waals surface area contributed by atoms with Crippen molar-refractivity contribution in [2.24, 2.45) is 0 Å². The molecule has 0 rings (SSSR count). The van der Waals surface area contributed by atoms with E-state index in [4.69, 9.17) is 5.73 Å². The Kier molecular flexibility index (Phi) is 5.64. The summed E-state index contributed by atoms with van der Waals surface area (Å²) in [4.78, 5) is 0. The van der Waals surface area contributed by atoms with Crippen molar-refractivity contribution in [2.45, 2.75) is 38.6 Å². The van der Waals surface area contributed by atoms with Crippen LogP contribution in [0.2, 0.25) is 0 Å². The van der Waals surface area contributed by atoms with Crippen LogP contribution in [0.4, 0.5) is 0 Å². The summed E-state index contributed by atoms with van der Waals surface area (Å²) in [7, 11) is 0. The zero-order valence-corrected chi connectivity index (χ0v) is 6.19. The van der Waals surface area contributed by atoms with Crippen molar-refractivity contribution in [3.8, 4) is 0 Å². The van der Waals surface area contributed by atoms with E-state index in [1.165, 1.54) is 19.3 Å². The van der Waals surface area contributed by atoms with E-state index in [0.717, 1.165) is 6.42 Å². The van der Waals surface area contributed by atoms with Crippen LogP contribution in [0.3, 0.4) is 0 Å². The third kappa shape index (κ3) is 5.57. The van der Waals surface area contributed by atoms with Gasteiger partial charge in [-0.2, -0.15) is 0 Å². The molecule has 0 aromatic carbocycles. The van der Waals surface area contributed by atoms with Gasteiger partial charge < -0.3 is 0 Å². The highest BCUT2D eigenvalue weighted by Gasteiger charge is 1.94. The van der Waals surface area contributed by atoms with Crippen LogP contribution in [-0.4, -0.2) is 6.04 Å².